The van der Waals surface area contributed by atoms with E-state index in [0.717, 1.165) is 17.7 Å². The Bertz CT molecular complexity index is 372. The van der Waals surface area contributed by atoms with Gasteiger partial charge in [-0.3, -0.25) is 14.5 Å². The third kappa shape index (κ3) is 1.73. The molecule has 0 aromatic rings. The van der Waals surface area contributed by atoms with E-state index in [-0.39, 0.29) is 11.7 Å². The minimum absolute atomic E-state index is 0.0800. The number of hydrogen-bond acceptors (Lipinski definition) is 3. The van der Waals surface area contributed by atoms with Crippen molar-refractivity contribution in [2.45, 2.75) is 57.5 Å². The number of Topliss-reactive ketones (excluding diaryl/α,β-unsaturated/α-hetero) is 1. The molecule has 1 heterocycles. The number of ketones is 1. The molecule has 94 valence electrons. The molecule has 5 nitrogen and oxygen atoms in total. The van der Waals surface area contributed by atoms with Crippen molar-refractivity contribution in [2.75, 3.05) is 0 Å². The average Bonchev–Trinajstić information content (AvgIpc) is 2.85. The lowest BCUT2D eigenvalue weighted by molar-refractivity contribution is -0.137. The number of nitrogens with one attached hydrogen (secondary N) is 1. The van der Waals surface area contributed by atoms with E-state index in [1.54, 1.807) is 13.8 Å². The number of imide groups is 1. The normalized spacial score (nSPS) is 24.2. The van der Waals surface area contributed by atoms with Crippen molar-refractivity contribution in [1.29, 1.82) is 0 Å². The molecule has 1 saturated heterocycles. The fourth-order valence-corrected chi connectivity index (χ4v) is 2.75. The maximum absolute atomic E-state index is 12.3. The van der Waals surface area contributed by atoms with E-state index >= 15 is 0 Å². The summed E-state index contributed by atoms with van der Waals surface area (Å²) in [6.45, 7) is 3.36. The van der Waals surface area contributed by atoms with Gasteiger partial charge in [0.25, 0.3) is 5.91 Å². The number of urea groups is 1. The van der Waals surface area contributed by atoms with Crippen LogP contribution >= 0.6 is 0 Å². The monoisotopic (exact) mass is 238 g/mol. The van der Waals surface area contributed by atoms with Gasteiger partial charge in [0.1, 0.15) is 5.54 Å². The largest absolute Gasteiger partial charge is 0.325 e. The topological polar surface area (TPSA) is 66.5 Å². The molecule has 1 saturated carbocycles. The highest BCUT2D eigenvalue weighted by Crippen LogP contribution is 2.35. The molecule has 3 amide bonds. The summed E-state index contributed by atoms with van der Waals surface area (Å²) >= 11 is 0. The van der Waals surface area contributed by atoms with Crippen LogP contribution in [0.5, 0.6) is 0 Å². The Balaban J connectivity index is 2.22. The van der Waals surface area contributed by atoms with Gasteiger partial charge in [-0.25, -0.2) is 4.79 Å². The molecule has 0 aromatic carbocycles. The first-order chi connectivity index (χ1) is 8.02. The van der Waals surface area contributed by atoms with Gasteiger partial charge in [0.05, 0.1) is 6.04 Å². The fraction of sp³-hybridized carbons (Fsp3) is 0.750. The fourth-order valence-electron chi connectivity index (χ4n) is 2.75. The number of amides is 3. The van der Waals surface area contributed by atoms with E-state index in [0.29, 0.717) is 19.3 Å². The zero-order chi connectivity index (χ0) is 12.6. The molecule has 2 fully saturated rings. The second kappa shape index (κ2) is 4.13. The maximum Gasteiger partial charge on any atom is 0.325 e. The summed E-state index contributed by atoms with van der Waals surface area (Å²) < 4.78 is 0. The maximum atomic E-state index is 12.3. The second-order valence-electron chi connectivity index (χ2n) is 4.89. The first-order valence-corrected chi connectivity index (χ1v) is 6.20. The standard InChI is InChI=1S/C12H18N2O3/c1-3-9(15)8(2)14-10(16)12(13-11(14)17)6-4-5-7-12/h8H,3-7H2,1-2H3,(H,13,17). The number of nitrogens with zero attached hydrogens (tertiary/aromatic N) is 1. The van der Waals surface area contributed by atoms with Crippen molar-refractivity contribution in [2.24, 2.45) is 0 Å². The van der Waals surface area contributed by atoms with E-state index in [4.69, 9.17) is 0 Å². The summed E-state index contributed by atoms with van der Waals surface area (Å²) in [6, 6.07) is -1.06. The van der Waals surface area contributed by atoms with Crippen LogP contribution in [0, 0.1) is 0 Å². The van der Waals surface area contributed by atoms with Gasteiger partial charge in [-0.05, 0) is 19.8 Å². The van der Waals surface area contributed by atoms with Gasteiger partial charge in [-0.2, -0.15) is 0 Å². The van der Waals surface area contributed by atoms with Crippen molar-refractivity contribution in [1.82, 2.24) is 10.2 Å². The summed E-state index contributed by atoms with van der Waals surface area (Å²) in [5.41, 5.74) is -0.709. The second-order valence-corrected chi connectivity index (χ2v) is 4.89. The smallest absolute Gasteiger partial charge is 0.323 e. The Labute approximate surface area is 101 Å². The van der Waals surface area contributed by atoms with Crippen molar-refractivity contribution in [3.05, 3.63) is 0 Å². The Hall–Kier alpha value is -1.39. The van der Waals surface area contributed by atoms with Crippen molar-refractivity contribution < 1.29 is 14.4 Å². The van der Waals surface area contributed by atoms with Gasteiger partial charge < -0.3 is 5.32 Å². The molecule has 1 aliphatic heterocycles. The molecule has 1 atom stereocenters. The van der Waals surface area contributed by atoms with Gasteiger partial charge in [-0.15, -0.1) is 0 Å². The molecule has 1 spiro atoms. The van der Waals surface area contributed by atoms with Crippen LogP contribution < -0.4 is 5.32 Å². The molecule has 0 bridgehead atoms. The number of hydrogen-bond donors (Lipinski definition) is 1. The molecule has 17 heavy (non-hydrogen) atoms. The van der Waals surface area contributed by atoms with Gasteiger partial charge in [0.15, 0.2) is 5.78 Å². The molecule has 2 aliphatic rings. The van der Waals surface area contributed by atoms with E-state index in [1.165, 1.54) is 0 Å². The highest BCUT2D eigenvalue weighted by atomic mass is 16.2. The lowest BCUT2D eigenvalue weighted by Crippen LogP contribution is -2.46. The van der Waals surface area contributed by atoms with Gasteiger partial charge in [0, 0.05) is 6.42 Å². The molecule has 1 unspecified atom stereocenters. The summed E-state index contributed by atoms with van der Waals surface area (Å²) in [4.78, 5) is 36.9. The average molecular weight is 238 g/mol. The number of carbonyl (C=O) groups excluding carboxylic acids is 3. The minimum Gasteiger partial charge on any atom is -0.323 e. The number of carbonyl (C=O) groups is 3. The highest BCUT2D eigenvalue weighted by Gasteiger charge is 2.54. The SMILES string of the molecule is CCC(=O)C(C)N1C(=O)NC2(CCCC2)C1=O. The Morgan fingerprint density at radius 1 is 1.41 bits per heavy atom. The summed E-state index contributed by atoms with van der Waals surface area (Å²) in [5, 5.41) is 2.77. The molecule has 1 aliphatic carbocycles. The van der Waals surface area contributed by atoms with Crippen LogP contribution in [0.1, 0.15) is 46.0 Å². The number of rotatable bonds is 3. The molecule has 5 heteroatoms. The predicted octanol–water partition coefficient (Wildman–Crippen LogP) is 1.22. The highest BCUT2D eigenvalue weighted by molar-refractivity contribution is 6.10. The minimum atomic E-state index is -0.709. The lowest BCUT2D eigenvalue weighted by Gasteiger charge is -2.23. The van der Waals surface area contributed by atoms with Crippen LogP contribution in [0.3, 0.4) is 0 Å². The van der Waals surface area contributed by atoms with Crippen LogP contribution in [0.25, 0.3) is 0 Å². The van der Waals surface area contributed by atoms with Gasteiger partial charge in [-0.1, -0.05) is 19.8 Å². The molecule has 0 radical (unpaired) electrons. The third-order valence-electron chi connectivity index (χ3n) is 3.85. The van der Waals surface area contributed by atoms with Gasteiger partial charge >= 0.3 is 6.03 Å². The summed E-state index contributed by atoms with van der Waals surface area (Å²) in [5.74, 6) is -0.294. The molecule has 0 aromatic heterocycles. The van der Waals surface area contributed by atoms with Crippen molar-refractivity contribution >= 4 is 17.7 Å². The quantitative estimate of drug-likeness (QED) is 0.752. The van der Waals surface area contributed by atoms with Crippen LogP contribution in [0.15, 0.2) is 0 Å². The Kier molecular flexibility index (Phi) is 2.93. The molecule has 1 N–H and O–H groups in total. The molecular weight excluding hydrogens is 220 g/mol. The van der Waals surface area contributed by atoms with Crippen LogP contribution in [-0.2, 0) is 9.59 Å². The predicted molar refractivity (Wildman–Crippen MR) is 61.3 cm³/mol. The van der Waals surface area contributed by atoms with E-state index in [1.807, 2.05) is 0 Å². The van der Waals surface area contributed by atoms with Crippen molar-refractivity contribution in [3.63, 3.8) is 0 Å². The van der Waals surface area contributed by atoms with Crippen LogP contribution in [-0.4, -0.2) is 34.2 Å². The Morgan fingerprint density at radius 3 is 2.53 bits per heavy atom. The van der Waals surface area contributed by atoms with E-state index in [2.05, 4.69) is 5.32 Å². The van der Waals surface area contributed by atoms with Crippen LogP contribution in [0.4, 0.5) is 4.79 Å². The summed E-state index contributed by atoms with van der Waals surface area (Å²) in [6.07, 6.45) is 3.64. The first kappa shape index (κ1) is 12.1. The third-order valence-corrected chi connectivity index (χ3v) is 3.85. The van der Waals surface area contributed by atoms with Crippen molar-refractivity contribution in [3.8, 4) is 0 Å². The Morgan fingerprint density at radius 2 is 2.00 bits per heavy atom. The zero-order valence-electron chi connectivity index (χ0n) is 10.3. The zero-order valence-corrected chi connectivity index (χ0v) is 10.3. The lowest BCUT2D eigenvalue weighted by atomic mass is 9.97. The van der Waals surface area contributed by atoms with Gasteiger partial charge in [0.2, 0.25) is 0 Å². The van der Waals surface area contributed by atoms with E-state index in [9.17, 15) is 14.4 Å². The summed E-state index contributed by atoms with van der Waals surface area (Å²) in [7, 11) is 0. The molecule has 2 rings (SSSR count). The molecular formula is C12H18N2O3. The van der Waals surface area contributed by atoms with Crippen LogP contribution in [0.2, 0.25) is 0 Å². The first-order valence-electron chi connectivity index (χ1n) is 6.20. The van der Waals surface area contributed by atoms with E-state index < -0.39 is 17.6 Å².